The van der Waals surface area contributed by atoms with Gasteiger partial charge >= 0.3 is 11.9 Å². The van der Waals surface area contributed by atoms with Gasteiger partial charge in [0.05, 0.1) is 32.0 Å². The first-order chi connectivity index (χ1) is 27.0. The van der Waals surface area contributed by atoms with Gasteiger partial charge in [0.15, 0.2) is 0 Å². The van der Waals surface area contributed by atoms with Crippen molar-refractivity contribution >= 4 is 63.3 Å². The Hall–Kier alpha value is -3.67. The minimum absolute atomic E-state index is 0.0648. The number of nitrogens with two attached hydrogens (primary N) is 1. The molecule has 2 fully saturated rings. The van der Waals surface area contributed by atoms with Crippen LogP contribution in [0, 0.1) is 5.92 Å². The van der Waals surface area contributed by atoms with Crippen LogP contribution in [-0.2, 0) is 28.7 Å². The lowest BCUT2D eigenvalue weighted by atomic mass is 10.0. The van der Waals surface area contributed by atoms with Crippen molar-refractivity contribution < 1.29 is 38.9 Å². The van der Waals surface area contributed by atoms with E-state index in [9.17, 15) is 24.3 Å². The van der Waals surface area contributed by atoms with Crippen molar-refractivity contribution in [1.82, 2.24) is 16.0 Å². The van der Waals surface area contributed by atoms with Crippen LogP contribution in [0.5, 0.6) is 0 Å². The molecule has 5 unspecified atom stereocenters. The lowest BCUT2D eigenvalue weighted by Gasteiger charge is -2.18. The summed E-state index contributed by atoms with van der Waals surface area (Å²) in [5, 5.41) is 27.2. The summed E-state index contributed by atoms with van der Waals surface area (Å²) in [6.07, 6.45) is 11.4. The number of esters is 2. The van der Waals surface area contributed by atoms with Crippen molar-refractivity contribution in [3.05, 3.63) is 60.2 Å². The highest BCUT2D eigenvalue weighted by molar-refractivity contribution is 8.76. The Morgan fingerprint density at radius 1 is 1.00 bits per heavy atom. The van der Waals surface area contributed by atoms with Gasteiger partial charge in [-0.05, 0) is 62.6 Å². The molecule has 3 rings (SSSR count). The number of aliphatic hydroxyl groups is 2. The third-order valence-electron chi connectivity index (χ3n) is 8.22. The van der Waals surface area contributed by atoms with Gasteiger partial charge in [0.25, 0.3) is 0 Å². The summed E-state index contributed by atoms with van der Waals surface area (Å²) in [6, 6.07) is 6.33. The maximum atomic E-state index is 12.6. The topological polar surface area (TPSA) is 205 Å². The molecule has 7 N–H and O–H groups in total. The van der Waals surface area contributed by atoms with Gasteiger partial charge in [0, 0.05) is 49.0 Å². The van der Waals surface area contributed by atoms with Crippen molar-refractivity contribution in [3.8, 4) is 0 Å². The van der Waals surface area contributed by atoms with E-state index in [1.54, 1.807) is 26.0 Å². The summed E-state index contributed by atoms with van der Waals surface area (Å²) >= 11 is 0. The Bertz CT molecular complexity index is 1410. The highest BCUT2D eigenvalue weighted by atomic mass is 33.1. The summed E-state index contributed by atoms with van der Waals surface area (Å²) in [6.45, 7) is 16.4. The summed E-state index contributed by atoms with van der Waals surface area (Å²) in [5.74, 6) is -1.49. The zero-order chi connectivity index (χ0) is 41.7. The summed E-state index contributed by atoms with van der Waals surface area (Å²) < 4.78 is 10.1. The number of hydrogen-bond donors (Lipinski definition) is 6. The number of aliphatic hydroxyl groups excluding tert-OH is 2. The molecule has 16 heteroatoms. The molecule has 0 spiro atoms. The van der Waals surface area contributed by atoms with Gasteiger partial charge in [0.1, 0.15) is 18.6 Å². The Morgan fingerprint density at radius 3 is 2.09 bits per heavy atom. The van der Waals surface area contributed by atoms with Gasteiger partial charge in [-0.3, -0.25) is 14.6 Å². The number of nitrogens with one attached hydrogen (secondary N) is 3. The molecule has 2 heterocycles. The van der Waals surface area contributed by atoms with Gasteiger partial charge in [-0.1, -0.05) is 85.7 Å². The molecule has 314 valence electrons. The SMILES string of the molecule is C=CC(/C=C/c1ccc(N2CC(O)C(CCC)C2)cc1)=C\C=NCC(=O)NC(CSSCC(NC(=O)CN)C(=O)OCC)C(=O)OCC.CC.OC1CCNC1. The molecule has 2 aliphatic heterocycles. The van der Waals surface area contributed by atoms with Crippen molar-refractivity contribution in [3.63, 3.8) is 0 Å². The minimum Gasteiger partial charge on any atom is -0.464 e. The molecule has 0 radical (unpaired) electrons. The second-order valence-corrected chi connectivity index (χ2v) is 15.0. The van der Waals surface area contributed by atoms with E-state index in [2.05, 4.69) is 51.5 Å². The second-order valence-electron chi connectivity index (χ2n) is 12.5. The molecular weight excluding hydrogens is 757 g/mol. The average molecular weight is 821 g/mol. The first-order valence-corrected chi connectivity index (χ1v) is 21.8. The maximum Gasteiger partial charge on any atom is 0.329 e. The van der Waals surface area contributed by atoms with Crippen LogP contribution in [0.15, 0.2) is 59.6 Å². The number of carbonyl (C=O) groups excluding carboxylic acids is 4. The molecule has 5 atom stereocenters. The number of anilines is 1. The van der Waals surface area contributed by atoms with E-state index in [4.69, 9.17) is 20.3 Å². The molecule has 2 aliphatic rings. The largest absolute Gasteiger partial charge is 0.464 e. The van der Waals surface area contributed by atoms with Gasteiger partial charge in [-0.15, -0.1) is 0 Å². The number of carbonyl (C=O) groups is 4. The van der Waals surface area contributed by atoms with Crippen LogP contribution < -0.4 is 26.6 Å². The molecule has 0 saturated carbocycles. The number of benzene rings is 1. The molecule has 56 heavy (non-hydrogen) atoms. The van der Waals surface area contributed by atoms with Crippen LogP contribution in [-0.4, -0.2) is 128 Å². The number of rotatable bonds is 21. The normalized spacial score (nSPS) is 19.0. The standard InChI is InChI=1S/C34H49N5O7S2.C4H9NO.C2H6/c1-5-9-26-20-39(21-30(26)40)27-14-12-25(13-15-27)11-10-24(6-2)16-17-36-19-32(42)38-29(34(44)46-8-4)23-48-47-22-28(33(43)45-7-3)37-31(41)18-35;6-4-1-2-5-3-4;1-2/h6,10-17,26,28-30,40H,2,5,7-9,18-23,35H2,1,3-4H3,(H,37,41)(H,38,42);4-6H,1-3H2;1-2H3/b11-10+,24-16+,36-17?;;. The average Bonchev–Trinajstić information content (AvgIpc) is 3.84. The molecule has 0 aliphatic carbocycles. The second kappa shape index (κ2) is 30.5. The van der Waals surface area contributed by atoms with E-state index in [-0.39, 0.29) is 50.0 Å². The smallest absolute Gasteiger partial charge is 0.329 e. The molecule has 14 nitrogen and oxygen atoms in total. The van der Waals surface area contributed by atoms with Crippen molar-refractivity contribution in [2.45, 2.75) is 78.2 Å². The van der Waals surface area contributed by atoms with E-state index in [1.807, 2.05) is 38.1 Å². The number of β-amino-alcohol motifs (C(OH)–C–C–N with tert-alkyl or cyclic N) is 2. The number of amides is 2. The Labute approximate surface area is 341 Å². The van der Waals surface area contributed by atoms with Gasteiger partial charge in [0.2, 0.25) is 11.8 Å². The van der Waals surface area contributed by atoms with Crippen molar-refractivity contribution in [1.29, 1.82) is 0 Å². The molecule has 2 saturated heterocycles. The van der Waals surface area contributed by atoms with Crippen molar-refractivity contribution in [2.75, 3.05) is 68.9 Å². The Morgan fingerprint density at radius 2 is 1.61 bits per heavy atom. The van der Waals surface area contributed by atoms with Crippen LogP contribution >= 0.6 is 21.6 Å². The van der Waals surface area contributed by atoms with Crippen LogP contribution in [0.25, 0.3) is 6.08 Å². The quantitative estimate of drug-likeness (QED) is 0.0347. The third-order valence-corrected chi connectivity index (χ3v) is 10.6. The fourth-order valence-electron chi connectivity index (χ4n) is 5.36. The van der Waals surface area contributed by atoms with Crippen molar-refractivity contribution in [2.24, 2.45) is 16.6 Å². The predicted molar refractivity (Wildman–Crippen MR) is 230 cm³/mol. The summed E-state index contributed by atoms with van der Waals surface area (Å²) in [7, 11) is 2.47. The first-order valence-electron chi connectivity index (χ1n) is 19.3. The number of ether oxygens (including phenoxy) is 2. The molecule has 0 aromatic heterocycles. The number of hydrogen-bond acceptors (Lipinski definition) is 14. The van der Waals surface area contributed by atoms with E-state index in [0.717, 1.165) is 55.7 Å². The summed E-state index contributed by atoms with van der Waals surface area (Å²) in [4.78, 5) is 55.3. The van der Waals surface area contributed by atoms with E-state index >= 15 is 0 Å². The number of aliphatic imine (C=N–C) groups is 1. The number of allylic oxidation sites excluding steroid dienone is 4. The van der Waals surface area contributed by atoms with Gasteiger partial charge in [-0.2, -0.15) is 0 Å². The molecule has 0 bridgehead atoms. The monoisotopic (exact) mass is 820 g/mol. The molecule has 1 aromatic rings. The maximum absolute atomic E-state index is 12.6. The third kappa shape index (κ3) is 20.5. The van der Waals surface area contributed by atoms with Crippen LogP contribution in [0.1, 0.15) is 59.4 Å². The minimum atomic E-state index is -0.938. The fraction of sp³-hybridized carbons (Fsp3) is 0.575. The molecule has 1 aromatic carbocycles. The van der Waals surface area contributed by atoms with E-state index < -0.39 is 35.8 Å². The molecule has 2 amide bonds. The van der Waals surface area contributed by atoms with Gasteiger partial charge in [-0.25, -0.2) is 9.59 Å². The van der Waals surface area contributed by atoms with E-state index in [0.29, 0.717) is 12.5 Å². The first kappa shape index (κ1) is 50.3. The number of nitrogens with zero attached hydrogens (tertiary/aromatic N) is 2. The highest BCUT2D eigenvalue weighted by Crippen LogP contribution is 2.27. The lowest BCUT2D eigenvalue weighted by molar-refractivity contribution is -0.147. The Balaban J connectivity index is 0.00000175. The molecular formula is C40H64N6O8S2. The van der Waals surface area contributed by atoms with Gasteiger partial charge < -0.3 is 46.3 Å². The van der Waals surface area contributed by atoms with Crippen LogP contribution in [0.4, 0.5) is 5.69 Å². The Kier molecular flexibility index (Phi) is 27.4. The lowest BCUT2D eigenvalue weighted by Crippen LogP contribution is -2.46. The fourth-order valence-corrected chi connectivity index (χ4v) is 7.66. The van der Waals surface area contributed by atoms with Crippen LogP contribution in [0.3, 0.4) is 0 Å². The highest BCUT2D eigenvalue weighted by Gasteiger charge is 2.30. The predicted octanol–water partition coefficient (Wildman–Crippen LogP) is 3.28. The van der Waals surface area contributed by atoms with Crippen LogP contribution in [0.2, 0.25) is 0 Å². The summed E-state index contributed by atoms with van der Waals surface area (Å²) in [5.41, 5.74) is 8.22. The van der Waals surface area contributed by atoms with E-state index in [1.165, 1.54) is 27.8 Å². The zero-order valence-corrected chi connectivity index (χ0v) is 35.2. The zero-order valence-electron chi connectivity index (χ0n) is 33.6.